The molecule has 33 heavy (non-hydrogen) atoms. The molecule has 0 N–H and O–H groups in total. The van der Waals surface area contributed by atoms with E-state index in [1.54, 1.807) is 36.0 Å². The zero-order chi connectivity index (χ0) is 22.9. The van der Waals surface area contributed by atoms with E-state index in [0.717, 1.165) is 27.6 Å². The minimum Gasteiger partial charge on any atom is -0.488 e. The van der Waals surface area contributed by atoms with Gasteiger partial charge in [-0.05, 0) is 53.2 Å². The van der Waals surface area contributed by atoms with Crippen LogP contribution in [0.5, 0.6) is 5.75 Å². The number of ether oxygens (including phenoxy) is 1. The zero-order valence-electron chi connectivity index (χ0n) is 17.3. The number of thioether (sulfide) groups is 1. The Balaban J connectivity index is 1.58. The predicted molar refractivity (Wildman–Crippen MR) is 139 cm³/mol. The third kappa shape index (κ3) is 4.53. The fourth-order valence-corrected chi connectivity index (χ4v) is 5.80. The Hall–Kier alpha value is -2.37. The molecule has 1 amide bonds. The third-order valence-corrected chi connectivity index (χ3v) is 7.56. The standard InChI is InChI=1S/C26H18Cl3NO2S/c27-18-8-10-20(11-9-18)30-24(31)15-33-26(30)25-21-4-2-1-3-16(21)6-12-23(25)32-14-17-5-7-19(28)13-22(17)29/h1-13,26H,14-15H2/t26-/m1/s1. The lowest BCUT2D eigenvalue weighted by atomic mass is 10.0. The summed E-state index contributed by atoms with van der Waals surface area (Å²) in [6, 6.07) is 24.8. The smallest absolute Gasteiger partial charge is 0.238 e. The molecule has 1 aliphatic heterocycles. The third-order valence-electron chi connectivity index (χ3n) is 5.55. The number of benzene rings is 4. The number of carbonyl (C=O) groups excluding carboxylic acids is 1. The Kier molecular flexibility index (Phi) is 6.44. The summed E-state index contributed by atoms with van der Waals surface area (Å²) < 4.78 is 6.30. The minimum absolute atomic E-state index is 0.0481. The quantitative estimate of drug-likeness (QED) is 0.269. The van der Waals surface area contributed by atoms with E-state index in [1.165, 1.54) is 0 Å². The number of anilines is 1. The maximum Gasteiger partial charge on any atom is 0.238 e. The summed E-state index contributed by atoms with van der Waals surface area (Å²) in [5, 5.41) is 3.65. The average Bonchev–Trinajstić information content (AvgIpc) is 3.19. The average molecular weight is 515 g/mol. The van der Waals surface area contributed by atoms with Crippen LogP contribution >= 0.6 is 46.6 Å². The van der Waals surface area contributed by atoms with Crippen LogP contribution in [0, 0.1) is 0 Å². The first-order valence-corrected chi connectivity index (χ1v) is 12.5. The van der Waals surface area contributed by atoms with E-state index in [9.17, 15) is 4.79 Å². The van der Waals surface area contributed by atoms with E-state index in [2.05, 4.69) is 12.1 Å². The van der Waals surface area contributed by atoms with Crippen molar-refractivity contribution in [3.63, 3.8) is 0 Å². The molecule has 1 atom stereocenters. The SMILES string of the molecule is O=C1CS[C@H](c2c(OCc3ccc(Cl)cc3Cl)ccc3ccccc23)N1c1ccc(Cl)cc1. The van der Waals surface area contributed by atoms with Crippen LogP contribution in [0.2, 0.25) is 15.1 Å². The Labute approximate surface area is 211 Å². The van der Waals surface area contributed by atoms with Gasteiger partial charge in [-0.15, -0.1) is 11.8 Å². The van der Waals surface area contributed by atoms with Gasteiger partial charge >= 0.3 is 0 Å². The maximum absolute atomic E-state index is 12.9. The van der Waals surface area contributed by atoms with Gasteiger partial charge in [0.15, 0.2) is 0 Å². The van der Waals surface area contributed by atoms with Crippen LogP contribution in [0.1, 0.15) is 16.5 Å². The molecule has 0 spiro atoms. The monoisotopic (exact) mass is 513 g/mol. The molecular formula is C26H18Cl3NO2S. The maximum atomic E-state index is 12.9. The minimum atomic E-state index is -0.236. The van der Waals surface area contributed by atoms with Crippen molar-refractivity contribution in [2.24, 2.45) is 0 Å². The molecule has 166 valence electrons. The summed E-state index contributed by atoms with van der Waals surface area (Å²) in [7, 11) is 0. The van der Waals surface area contributed by atoms with Gasteiger partial charge in [0.2, 0.25) is 5.91 Å². The predicted octanol–water partition coefficient (Wildman–Crippen LogP) is 8.16. The van der Waals surface area contributed by atoms with Gasteiger partial charge in [0.25, 0.3) is 0 Å². The van der Waals surface area contributed by atoms with Gasteiger partial charge in [0.1, 0.15) is 17.7 Å². The van der Waals surface area contributed by atoms with Gasteiger partial charge in [-0.2, -0.15) is 0 Å². The van der Waals surface area contributed by atoms with Crippen molar-refractivity contribution < 1.29 is 9.53 Å². The Morgan fingerprint density at radius 2 is 1.67 bits per heavy atom. The van der Waals surface area contributed by atoms with Crippen LogP contribution in [0.15, 0.2) is 78.9 Å². The molecule has 0 bridgehead atoms. The molecule has 1 aliphatic rings. The summed E-state index contributed by atoms with van der Waals surface area (Å²) in [6.45, 7) is 0.285. The highest BCUT2D eigenvalue weighted by Crippen LogP contribution is 2.47. The molecule has 1 fully saturated rings. The molecule has 0 aromatic heterocycles. The van der Waals surface area contributed by atoms with Crippen molar-refractivity contribution in [3.8, 4) is 5.75 Å². The van der Waals surface area contributed by atoms with E-state index in [1.807, 2.05) is 47.4 Å². The summed E-state index contributed by atoms with van der Waals surface area (Å²) >= 11 is 20.1. The Bertz CT molecular complexity index is 1340. The van der Waals surface area contributed by atoms with Crippen LogP contribution in [0.25, 0.3) is 10.8 Å². The van der Waals surface area contributed by atoms with Crippen LogP contribution in [0.3, 0.4) is 0 Å². The Morgan fingerprint density at radius 3 is 2.45 bits per heavy atom. The van der Waals surface area contributed by atoms with Gasteiger partial charge in [0, 0.05) is 31.9 Å². The second kappa shape index (κ2) is 9.47. The van der Waals surface area contributed by atoms with E-state index in [-0.39, 0.29) is 17.9 Å². The topological polar surface area (TPSA) is 29.5 Å². The number of carbonyl (C=O) groups is 1. The van der Waals surface area contributed by atoms with E-state index in [4.69, 9.17) is 39.5 Å². The van der Waals surface area contributed by atoms with Gasteiger partial charge in [-0.1, -0.05) is 71.2 Å². The second-order valence-electron chi connectivity index (χ2n) is 7.63. The molecule has 0 saturated carbocycles. The number of fused-ring (bicyclic) bond motifs is 1. The first-order chi connectivity index (χ1) is 16.0. The number of amides is 1. The highest BCUT2D eigenvalue weighted by molar-refractivity contribution is 8.00. The van der Waals surface area contributed by atoms with E-state index < -0.39 is 0 Å². The Morgan fingerprint density at radius 1 is 0.909 bits per heavy atom. The van der Waals surface area contributed by atoms with Crippen LogP contribution in [-0.4, -0.2) is 11.7 Å². The highest BCUT2D eigenvalue weighted by Gasteiger charge is 2.36. The lowest BCUT2D eigenvalue weighted by molar-refractivity contribution is -0.115. The fraction of sp³-hybridized carbons (Fsp3) is 0.115. The van der Waals surface area contributed by atoms with E-state index in [0.29, 0.717) is 26.6 Å². The molecule has 5 rings (SSSR count). The fourth-order valence-electron chi connectivity index (χ4n) is 3.97. The number of halogens is 3. The van der Waals surface area contributed by atoms with Crippen molar-refractivity contribution >= 4 is 68.9 Å². The summed E-state index contributed by atoms with van der Waals surface area (Å²) in [5.41, 5.74) is 2.60. The number of rotatable bonds is 5. The van der Waals surface area contributed by atoms with Crippen LogP contribution in [-0.2, 0) is 11.4 Å². The van der Waals surface area contributed by atoms with Crippen molar-refractivity contribution in [2.45, 2.75) is 12.0 Å². The largest absolute Gasteiger partial charge is 0.488 e. The van der Waals surface area contributed by atoms with Crippen LogP contribution < -0.4 is 9.64 Å². The number of nitrogens with zero attached hydrogens (tertiary/aromatic N) is 1. The summed E-state index contributed by atoms with van der Waals surface area (Å²) in [6.07, 6.45) is 0. The molecule has 1 saturated heterocycles. The lowest BCUT2D eigenvalue weighted by Gasteiger charge is -2.27. The molecule has 4 aromatic rings. The molecule has 4 aromatic carbocycles. The molecule has 0 radical (unpaired) electrons. The van der Waals surface area contributed by atoms with E-state index >= 15 is 0 Å². The first-order valence-electron chi connectivity index (χ1n) is 10.3. The zero-order valence-corrected chi connectivity index (χ0v) is 20.4. The summed E-state index contributed by atoms with van der Waals surface area (Å²) in [5.74, 6) is 1.15. The second-order valence-corrected chi connectivity index (χ2v) is 9.98. The van der Waals surface area contributed by atoms with Crippen molar-refractivity contribution in [1.29, 1.82) is 0 Å². The molecule has 0 aliphatic carbocycles. The highest BCUT2D eigenvalue weighted by atomic mass is 35.5. The van der Waals surface area contributed by atoms with Crippen molar-refractivity contribution in [3.05, 3.63) is 105 Å². The normalized spacial score (nSPS) is 15.9. The lowest BCUT2D eigenvalue weighted by Crippen LogP contribution is -2.28. The molecule has 1 heterocycles. The van der Waals surface area contributed by atoms with Gasteiger partial charge in [-0.3, -0.25) is 9.69 Å². The van der Waals surface area contributed by atoms with Crippen molar-refractivity contribution in [2.75, 3.05) is 10.7 Å². The van der Waals surface area contributed by atoms with Gasteiger partial charge in [-0.25, -0.2) is 0 Å². The summed E-state index contributed by atoms with van der Waals surface area (Å²) in [4.78, 5) is 14.8. The van der Waals surface area contributed by atoms with Gasteiger partial charge < -0.3 is 4.74 Å². The number of hydrogen-bond acceptors (Lipinski definition) is 3. The molecular weight excluding hydrogens is 497 g/mol. The first kappa shape index (κ1) is 22.4. The van der Waals surface area contributed by atoms with Gasteiger partial charge in [0.05, 0.1) is 5.75 Å². The van der Waals surface area contributed by atoms with Crippen LogP contribution in [0.4, 0.5) is 5.69 Å². The van der Waals surface area contributed by atoms with Crippen molar-refractivity contribution in [1.82, 2.24) is 0 Å². The molecule has 7 heteroatoms. The molecule has 3 nitrogen and oxygen atoms in total. The number of hydrogen-bond donors (Lipinski definition) is 0. The molecule has 0 unspecified atom stereocenters.